The molecule has 0 amide bonds. The van der Waals surface area contributed by atoms with E-state index >= 15 is 0 Å². The first kappa shape index (κ1) is 10.2. The van der Waals surface area contributed by atoms with Crippen LogP contribution in [0, 0.1) is 0 Å². The number of aromatic nitrogens is 4. The second kappa shape index (κ2) is 4.02. The van der Waals surface area contributed by atoms with Crippen LogP contribution < -0.4 is 0 Å². The van der Waals surface area contributed by atoms with E-state index in [4.69, 9.17) is 16.1 Å². The van der Waals surface area contributed by atoms with Crippen LogP contribution in [0.25, 0.3) is 11.6 Å². The lowest BCUT2D eigenvalue weighted by Crippen LogP contribution is -1.90. The van der Waals surface area contributed by atoms with Crippen molar-refractivity contribution in [1.82, 2.24) is 19.7 Å². The highest BCUT2D eigenvalue weighted by Crippen LogP contribution is 2.23. The van der Waals surface area contributed by atoms with Gasteiger partial charge in [0.05, 0.1) is 11.7 Å². The summed E-state index contributed by atoms with van der Waals surface area (Å²) >= 11 is 5.99. The summed E-state index contributed by atoms with van der Waals surface area (Å²) in [6.07, 6.45) is 4.26. The summed E-state index contributed by atoms with van der Waals surface area (Å²) in [4.78, 5) is 8.29. The second-order valence-corrected chi connectivity index (χ2v) is 3.78. The quantitative estimate of drug-likeness (QED) is 0.753. The number of imidazole rings is 1. The highest BCUT2D eigenvalue weighted by atomic mass is 35.5. The first-order valence-electron chi connectivity index (χ1n) is 4.66. The third-order valence-electron chi connectivity index (χ3n) is 2.00. The number of hydrogen-bond acceptors (Lipinski definition) is 4. The molecule has 0 N–H and O–H groups in total. The molecule has 0 saturated heterocycles. The highest BCUT2D eigenvalue weighted by molar-refractivity contribution is 6.20. The Morgan fingerprint density at radius 3 is 3.00 bits per heavy atom. The molecule has 2 heterocycles. The van der Waals surface area contributed by atoms with Crippen molar-refractivity contribution in [2.75, 3.05) is 0 Å². The molecular formula is C9H11ClN4O. The topological polar surface area (TPSA) is 56.7 Å². The fraction of sp³-hybridized carbons (Fsp3) is 0.444. The SMILES string of the molecule is CCC(Cl)c1noc(-c2cn(C)cn2)n1. The lowest BCUT2D eigenvalue weighted by atomic mass is 10.3. The molecule has 0 spiro atoms. The molecule has 0 aromatic carbocycles. The van der Waals surface area contributed by atoms with Crippen LogP contribution in [0.2, 0.25) is 0 Å². The molecule has 0 aliphatic heterocycles. The fourth-order valence-electron chi connectivity index (χ4n) is 1.17. The van der Waals surface area contributed by atoms with Crippen molar-refractivity contribution in [3.05, 3.63) is 18.3 Å². The summed E-state index contributed by atoms with van der Waals surface area (Å²) in [5.41, 5.74) is 0.663. The third kappa shape index (κ3) is 2.02. The van der Waals surface area contributed by atoms with Crippen molar-refractivity contribution in [1.29, 1.82) is 0 Å². The minimum Gasteiger partial charge on any atom is -0.340 e. The minimum atomic E-state index is -0.203. The molecule has 0 saturated carbocycles. The number of aryl methyl sites for hydroxylation is 1. The first-order valence-corrected chi connectivity index (χ1v) is 5.10. The smallest absolute Gasteiger partial charge is 0.278 e. The zero-order chi connectivity index (χ0) is 10.8. The Labute approximate surface area is 92.1 Å². The molecule has 6 heteroatoms. The Bertz CT molecular complexity index is 450. The normalized spacial score (nSPS) is 13.0. The van der Waals surface area contributed by atoms with Gasteiger partial charge in [-0.15, -0.1) is 11.6 Å². The van der Waals surface area contributed by atoms with Crippen molar-refractivity contribution in [2.45, 2.75) is 18.7 Å². The zero-order valence-corrected chi connectivity index (χ0v) is 9.27. The Kier molecular flexibility index (Phi) is 2.73. The van der Waals surface area contributed by atoms with Gasteiger partial charge < -0.3 is 9.09 Å². The van der Waals surface area contributed by atoms with E-state index in [1.165, 1.54) is 0 Å². The molecule has 2 aromatic rings. The zero-order valence-electron chi connectivity index (χ0n) is 8.51. The van der Waals surface area contributed by atoms with Crippen LogP contribution in [0.3, 0.4) is 0 Å². The Morgan fingerprint density at radius 1 is 1.60 bits per heavy atom. The maximum Gasteiger partial charge on any atom is 0.278 e. The predicted molar refractivity (Wildman–Crippen MR) is 55.4 cm³/mol. The highest BCUT2D eigenvalue weighted by Gasteiger charge is 2.15. The largest absolute Gasteiger partial charge is 0.340 e. The van der Waals surface area contributed by atoms with E-state index in [1.807, 2.05) is 24.7 Å². The number of nitrogens with zero attached hydrogens (tertiary/aromatic N) is 4. The monoisotopic (exact) mass is 226 g/mol. The van der Waals surface area contributed by atoms with Crippen LogP contribution in [0.4, 0.5) is 0 Å². The van der Waals surface area contributed by atoms with E-state index in [0.717, 1.165) is 6.42 Å². The van der Waals surface area contributed by atoms with Gasteiger partial charge in [0.2, 0.25) is 0 Å². The van der Waals surface area contributed by atoms with Gasteiger partial charge in [0, 0.05) is 13.2 Å². The van der Waals surface area contributed by atoms with Crippen LogP contribution in [0.1, 0.15) is 24.5 Å². The first-order chi connectivity index (χ1) is 7.20. The van der Waals surface area contributed by atoms with Gasteiger partial charge in [0.25, 0.3) is 5.89 Å². The van der Waals surface area contributed by atoms with Gasteiger partial charge in [0.15, 0.2) is 5.82 Å². The second-order valence-electron chi connectivity index (χ2n) is 3.26. The van der Waals surface area contributed by atoms with Crippen molar-refractivity contribution < 1.29 is 4.52 Å². The molecular weight excluding hydrogens is 216 g/mol. The molecule has 0 bridgehead atoms. The molecule has 2 rings (SSSR count). The van der Waals surface area contributed by atoms with Crippen LogP contribution in [0.15, 0.2) is 17.0 Å². The summed E-state index contributed by atoms with van der Waals surface area (Å²) in [5, 5.41) is 3.60. The minimum absolute atomic E-state index is 0.203. The van der Waals surface area contributed by atoms with Gasteiger partial charge in [0.1, 0.15) is 5.69 Å². The van der Waals surface area contributed by atoms with Crippen LogP contribution in [-0.2, 0) is 7.05 Å². The third-order valence-corrected chi connectivity index (χ3v) is 2.51. The summed E-state index contributed by atoms with van der Waals surface area (Å²) < 4.78 is 6.88. The Balaban J connectivity index is 2.27. The molecule has 2 aromatic heterocycles. The maximum atomic E-state index is 5.99. The fourth-order valence-corrected chi connectivity index (χ4v) is 1.26. The summed E-state index contributed by atoms with van der Waals surface area (Å²) in [6.45, 7) is 1.97. The average Bonchev–Trinajstić information content (AvgIpc) is 2.84. The van der Waals surface area contributed by atoms with E-state index in [-0.39, 0.29) is 5.38 Å². The van der Waals surface area contributed by atoms with E-state index in [2.05, 4.69) is 15.1 Å². The molecule has 0 aliphatic rings. The molecule has 80 valence electrons. The lowest BCUT2D eigenvalue weighted by molar-refractivity contribution is 0.420. The Hall–Kier alpha value is -1.36. The summed E-state index contributed by atoms with van der Waals surface area (Å²) in [7, 11) is 1.88. The maximum absolute atomic E-state index is 5.99. The number of hydrogen-bond donors (Lipinski definition) is 0. The van der Waals surface area contributed by atoms with E-state index in [9.17, 15) is 0 Å². The van der Waals surface area contributed by atoms with Gasteiger partial charge in [-0.25, -0.2) is 4.98 Å². The van der Waals surface area contributed by atoms with Crippen LogP contribution in [-0.4, -0.2) is 19.7 Å². The summed E-state index contributed by atoms with van der Waals surface area (Å²) in [5.74, 6) is 0.921. The number of rotatable bonds is 3. The van der Waals surface area contributed by atoms with Gasteiger partial charge in [-0.3, -0.25) is 0 Å². The average molecular weight is 227 g/mol. The van der Waals surface area contributed by atoms with Crippen LogP contribution in [0.5, 0.6) is 0 Å². The van der Waals surface area contributed by atoms with Crippen molar-refractivity contribution >= 4 is 11.6 Å². The van der Waals surface area contributed by atoms with Crippen molar-refractivity contribution in [3.8, 4) is 11.6 Å². The van der Waals surface area contributed by atoms with Gasteiger partial charge >= 0.3 is 0 Å². The van der Waals surface area contributed by atoms with Gasteiger partial charge in [-0.1, -0.05) is 12.1 Å². The van der Waals surface area contributed by atoms with Crippen LogP contribution >= 0.6 is 11.6 Å². The molecule has 1 unspecified atom stereocenters. The molecule has 0 radical (unpaired) electrons. The number of alkyl halides is 1. The van der Waals surface area contributed by atoms with E-state index < -0.39 is 0 Å². The lowest BCUT2D eigenvalue weighted by Gasteiger charge is -1.95. The predicted octanol–water partition coefficient (Wildman–Crippen LogP) is 2.16. The molecule has 1 atom stereocenters. The molecule has 0 aliphatic carbocycles. The van der Waals surface area contributed by atoms with E-state index in [1.54, 1.807) is 6.33 Å². The van der Waals surface area contributed by atoms with Gasteiger partial charge in [-0.05, 0) is 6.42 Å². The van der Waals surface area contributed by atoms with Crippen molar-refractivity contribution in [3.63, 3.8) is 0 Å². The van der Waals surface area contributed by atoms with Crippen molar-refractivity contribution in [2.24, 2.45) is 7.05 Å². The number of halogens is 1. The summed E-state index contributed by atoms with van der Waals surface area (Å²) in [6, 6.07) is 0. The molecule has 0 fully saturated rings. The molecule has 5 nitrogen and oxygen atoms in total. The Morgan fingerprint density at radius 2 is 2.40 bits per heavy atom. The van der Waals surface area contributed by atoms with E-state index in [0.29, 0.717) is 17.4 Å². The standard InChI is InChI=1S/C9H11ClN4O/c1-3-6(10)8-12-9(15-13-8)7-4-14(2)5-11-7/h4-6H,3H2,1-2H3. The van der Waals surface area contributed by atoms with Gasteiger partial charge in [-0.2, -0.15) is 4.98 Å². The molecule has 15 heavy (non-hydrogen) atoms.